The van der Waals surface area contributed by atoms with Crippen molar-refractivity contribution in [3.63, 3.8) is 0 Å². The molecule has 2 atom stereocenters. The standard InChI is InChI=1S/C31H34FN7O5S2/c1-19-14-21(32)6-9-24(19)27-26(30(40)44-2)25(35-28(36-27)29-33-10-13-45-29)18-37-11-12-38-23(16-37)17-39(31(38)41)22-7-4-20(5-8-22)15-34-46(3,42)43/h4-10,13-14,23,27,34H,11-12,15-18H2,1-3H3,(H,35,36)/t23-,27-/m0/s1. The molecule has 1 aromatic heterocycles. The number of halogens is 1. The van der Waals surface area contributed by atoms with E-state index in [9.17, 15) is 22.4 Å². The van der Waals surface area contributed by atoms with Crippen molar-refractivity contribution in [3.05, 3.63) is 92.8 Å². The van der Waals surface area contributed by atoms with Crippen molar-refractivity contribution < 1.29 is 27.1 Å². The minimum Gasteiger partial charge on any atom is -0.466 e. The van der Waals surface area contributed by atoms with Gasteiger partial charge in [-0.3, -0.25) is 14.8 Å². The molecule has 2 amide bonds. The van der Waals surface area contributed by atoms with E-state index >= 15 is 0 Å². The average molecular weight is 668 g/mol. The molecule has 2 saturated heterocycles. The quantitative estimate of drug-likeness (QED) is 0.333. The average Bonchev–Trinajstić information content (AvgIpc) is 3.68. The fourth-order valence-corrected chi connectivity index (χ4v) is 7.07. The van der Waals surface area contributed by atoms with Crippen molar-refractivity contribution in [2.24, 2.45) is 4.99 Å². The molecule has 0 saturated carbocycles. The number of carbonyl (C=O) groups excluding carboxylic acids is 2. The highest BCUT2D eigenvalue weighted by Crippen LogP contribution is 2.35. The topological polar surface area (TPSA) is 137 Å². The number of aryl methyl sites for hydroxylation is 1. The number of piperazine rings is 1. The number of nitrogens with zero attached hydrogens (tertiary/aromatic N) is 5. The molecule has 2 fully saturated rings. The van der Waals surface area contributed by atoms with Crippen LogP contribution in [0.2, 0.25) is 0 Å². The number of urea groups is 1. The molecule has 2 aromatic carbocycles. The molecule has 12 nitrogen and oxygen atoms in total. The normalized spacial score (nSPS) is 20.4. The van der Waals surface area contributed by atoms with Gasteiger partial charge in [0, 0.05) is 62.2 Å². The maximum absolute atomic E-state index is 14.1. The molecule has 3 aliphatic rings. The molecule has 6 rings (SSSR count). The van der Waals surface area contributed by atoms with Gasteiger partial charge in [0.15, 0.2) is 10.8 Å². The third-order valence-corrected chi connectivity index (χ3v) is 9.75. The van der Waals surface area contributed by atoms with Gasteiger partial charge in [0.1, 0.15) is 11.9 Å². The first kappa shape index (κ1) is 31.8. The van der Waals surface area contributed by atoms with Crippen molar-refractivity contribution in [2.75, 3.05) is 51.0 Å². The number of benzene rings is 2. The van der Waals surface area contributed by atoms with Crippen LogP contribution in [0.1, 0.15) is 27.7 Å². The largest absolute Gasteiger partial charge is 0.466 e. The Balaban J connectivity index is 1.23. The molecule has 2 N–H and O–H groups in total. The second-order valence-corrected chi connectivity index (χ2v) is 14.2. The van der Waals surface area contributed by atoms with Gasteiger partial charge < -0.3 is 15.0 Å². The highest BCUT2D eigenvalue weighted by molar-refractivity contribution is 7.88. The van der Waals surface area contributed by atoms with Gasteiger partial charge >= 0.3 is 12.0 Å². The van der Waals surface area contributed by atoms with Crippen LogP contribution in [0.5, 0.6) is 0 Å². The van der Waals surface area contributed by atoms with Crippen LogP contribution < -0.4 is 14.9 Å². The molecule has 46 heavy (non-hydrogen) atoms. The third-order valence-electron chi connectivity index (χ3n) is 8.30. The Morgan fingerprint density at radius 3 is 2.63 bits per heavy atom. The Morgan fingerprint density at radius 1 is 1.17 bits per heavy atom. The zero-order chi connectivity index (χ0) is 32.6. The summed E-state index contributed by atoms with van der Waals surface area (Å²) in [6.07, 6.45) is 2.79. The first-order valence-corrected chi connectivity index (χ1v) is 17.4. The summed E-state index contributed by atoms with van der Waals surface area (Å²) in [5, 5.41) is 5.86. The summed E-state index contributed by atoms with van der Waals surface area (Å²) in [4.78, 5) is 41.8. The molecular formula is C31H34FN7O5S2. The smallest absolute Gasteiger partial charge is 0.338 e. The van der Waals surface area contributed by atoms with E-state index in [1.165, 1.54) is 30.6 Å². The summed E-state index contributed by atoms with van der Waals surface area (Å²) in [5.41, 5.74) is 3.83. The maximum Gasteiger partial charge on any atom is 0.338 e. The summed E-state index contributed by atoms with van der Waals surface area (Å²) < 4.78 is 44.6. The Kier molecular flexibility index (Phi) is 8.92. The van der Waals surface area contributed by atoms with E-state index in [4.69, 9.17) is 9.73 Å². The van der Waals surface area contributed by atoms with Gasteiger partial charge in [0.05, 0.1) is 25.0 Å². The number of carbonyl (C=O) groups is 2. The Morgan fingerprint density at radius 2 is 1.96 bits per heavy atom. The van der Waals surface area contributed by atoms with Gasteiger partial charge in [0.2, 0.25) is 10.0 Å². The van der Waals surface area contributed by atoms with Crippen molar-refractivity contribution >= 4 is 44.9 Å². The van der Waals surface area contributed by atoms with Crippen LogP contribution in [0, 0.1) is 12.7 Å². The van der Waals surface area contributed by atoms with Crippen LogP contribution >= 0.6 is 11.3 Å². The number of thiazole rings is 1. The number of anilines is 1. The van der Waals surface area contributed by atoms with Crippen LogP contribution in [0.3, 0.4) is 0 Å². The van der Waals surface area contributed by atoms with Crippen molar-refractivity contribution in [1.29, 1.82) is 0 Å². The summed E-state index contributed by atoms with van der Waals surface area (Å²) in [6, 6.07) is 10.8. The number of amides is 2. The van der Waals surface area contributed by atoms with Crippen LogP contribution in [0.15, 0.2) is 70.3 Å². The number of rotatable bonds is 9. The number of fused-ring (bicyclic) bond motifs is 1. The third kappa shape index (κ3) is 6.67. The lowest BCUT2D eigenvalue weighted by atomic mass is 9.92. The number of sulfonamides is 1. The summed E-state index contributed by atoms with van der Waals surface area (Å²) >= 11 is 1.42. The molecule has 3 aromatic rings. The van der Waals surface area contributed by atoms with E-state index in [0.717, 1.165) is 17.5 Å². The molecule has 15 heteroatoms. The minimum atomic E-state index is -3.31. The first-order chi connectivity index (χ1) is 22.0. The highest BCUT2D eigenvalue weighted by Gasteiger charge is 2.42. The van der Waals surface area contributed by atoms with E-state index in [1.54, 1.807) is 36.2 Å². The number of aliphatic imine (C=N–C) groups is 1. The molecule has 4 heterocycles. The molecular weight excluding hydrogens is 634 g/mol. The second kappa shape index (κ2) is 12.9. The lowest BCUT2D eigenvalue weighted by Crippen LogP contribution is -2.53. The van der Waals surface area contributed by atoms with Crippen molar-refractivity contribution in [3.8, 4) is 0 Å². The number of hydrogen-bond donors (Lipinski definition) is 2. The van der Waals surface area contributed by atoms with Crippen molar-refractivity contribution in [1.82, 2.24) is 24.8 Å². The van der Waals surface area contributed by atoms with Gasteiger partial charge in [0.25, 0.3) is 0 Å². The Labute approximate surface area is 270 Å². The predicted molar refractivity (Wildman–Crippen MR) is 173 cm³/mol. The first-order valence-electron chi connectivity index (χ1n) is 14.7. The van der Waals surface area contributed by atoms with Crippen LogP contribution in [0.4, 0.5) is 14.9 Å². The number of hydrogen-bond acceptors (Lipinski definition) is 10. The molecule has 0 unspecified atom stereocenters. The van der Waals surface area contributed by atoms with Gasteiger partial charge in [-0.05, 0) is 47.9 Å². The van der Waals surface area contributed by atoms with Crippen molar-refractivity contribution in [2.45, 2.75) is 25.6 Å². The van der Waals surface area contributed by atoms with E-state index in [-0.39, 0.29) is 24.4 Å². The molecule has 242 valence electrons. The monoisotopic (exact) mass is 667 g/mol. The maximum atomic E-state index is 14.1. The summed E-state index contributed by atoms with van der Waals surface area (Å²) in [7, 11) is -1.99. The highest BCUT2D eigenvalue weighted by atomic mass is 32.2. The van der Waals surface area contributed by atoms with Crippen LogP contribution in [0.25, 0.3) is 0 Å². The lowest BCUT2D eigenvalue weighted by Gasteiger charge is -2.38. The fraction of sp³-hybridized carbons (Fsp3) is 0.355. The number of aromatic nitrogens is 1. The fourth-order valence-electron chi connectivity index (χ4n) is 6.05. The second-order valence-electron chi connectivity index (χ2n) is 11.5. The number of esters is 1. The number of nitrogens with one attached hydrogen (secondary N) is 2. The van der Waals surface area contributed by atoms with Crippen LogP contribution in [-0.2, 0) is 26.1 Å². The summed E-state index contributed by atoms with van der Waals surface area (Å²) in [6.45, 7) is 4.46. The van der Waals surface area contributed by atoms with E-state index in [0.29, 0.717) is 66.0 Å². The Bertz CT molecular complexity index is 1810. The van der Waals surface area contributed by atoms with Gasteiger partial charge in [-0.15, -0.1) is 11.3 Å². The van der Waals surface area contributed by atoms with Gasteiger partial charge in [-0.1, -0.05) is 18.2 Å². The molecule has 3 aliphatic heterocycles. The zero-order valence-corrected chi connectivity index (χ0v) is 27.2. The van der Waals surface area contributed by atoms with E-state index in [1.807, 2.05) is 22.4 Å². The van der Waals surface area contributed by atoms with E-state index < -0.39 is 22.0 Å². The van der Waals surface area contributed by atoms with Crippen LogP contribution in [-0.4, -0.2) is 93.2 Å². The lowest BCUT2D eigenvalue weighted by molar-refractivity contribution is -0.136. The molecule has 0 aliphatic carbocycles. The van der Waals surface area contributed by atoms with E-state index in [2.05, 4.69) is 19.9 Å². The molecule has 0 bridgehead atoms. The molecule has 0 spiro atoms. The summed E-state index contributed by atoms with van der Waals surface area (Å²) in [5.74, 6) is -0.391. The van der Waals surface area contributed by atoms with Gasteiger partial charge in [-0.25, -0.2) is 32.1 Å². The number of methoxy groups -OCH3 is 1. The van der Waals surface area contributed by atoms with Gasteiger partial charge in [-0.2, -0.15) is 0 Å². The minimum absolute atomic E-state index is 0.0815. The zero-order valence-electron chi connectivity index (χ0n) is 25.6. The molecule has 0 radical (unpaired) electrons. The Hall–Kier alpha value is -4.18. The number of amidine groups is 1. The predicted octanol–water partition coefficient (Wildman–Crippen LogP) is 2.78. The SMILES string of the molecule is COC(=O)C1=C(CN2CCN3C(=O)N(c4ccc(CNS(C)(=O)=O)cc4)C[C@@H]3C2)NC(c2nccs2)=N[C@H]1c1ccc(F)cc1C. The number of ether oxygens (including phenoxy) is 1.